The molecule has 0 saturated heterocycles. The van der Waals surface area contributed by atoms with Gasteiger partial charge in [0, 0.05) is 6.54 Å². The van der Waals surface area contributed by atoms with Gasteiger partial charge in [-0.25, -0.2) is 9.18 Å². The van der Waals surface area contributed by atoms with Crippen molar-refractivity contribution < 1.29 is 40.6 Å². The van der Waals surface area contributed by atoms with E-state index in [0.717, 1.165) is 12.1 Å². The van der Waals surface area contributed by atoms with E-state index in [4.69, 9.17) is 4.74 Å². The molecule has 1 aromatic carbocycles. The molecule has 1 rings (SSSR count). The highest BCUT2D eigenvalue weighted by Crippen LogP contribution is 2.36. The second-order valence-corrected chi connectivity index (χ2v) is 6.42. The van der Waals surface area contributed by atoms with Crippen LogP contribution in [0.25, 0.3) is 6.08 Å². The Morgan fingerprint density at radius 1 is 1.11 bits per heavy atom. The molecule has 1 aromatic rings. The highest BCUT2D eigenvalue weighted by molar-refractivity contribution is 5.68. The van der Waals surface area contributed by atoms with Crippen LogP contribution in [-0.4, -0.2) is 36.7 Å². The number of hydrogen-bond donors (Lipinski definition) is 1. The average molecular weight is 399 g/mol. The summed E-state index contributed by atoms with van der Waals surface area (Å²) in [5, 5.41) is 2.46. The molecule has 0 fully saturated rings. The number of carbonyl (C=O) groups excluding carboxylic acids is 1. The molecular formula is C17H19F6NO3. The second-order valence-electron chi connectivity index (χ2n) is 6.42. The number of alkyl halides is 6. The van der Waals surface area contributed by atoms with Gasteiger partial charge in [0.1, 0.15) is 11.4 Å². The van der Waals surface area contributed by atoms with E-state index < -0.39 is 35.9 Å². The number of halogens is 6. The zero-order chi connectivity index (χ0) is 20.9. The van der Waals surface area contributed by atoms with Gasteiger partial charge in [0.15, 0.2) is 0 Å². The predicted molar refractivity (Wildman–Crippen MR) is 86.2 cm³/mol. The first kappa shape index (κ1) is 22.7. The lowest BCUT2D eigenvalue weighted by molar-refractivity contribution is -0.304. The van der Waals surface area contributed by atoms with Crippen LogP contribution in [0.4, 0.5) is 31.1 Å². The van der Waals surface area contributed by atoms with E-state index in [2.05, 4.69) is 10.1 Å². The van der Waals surface area contributed by atoms with Crippen LogP contribution in [0, 0.1) is 0 Å². The van der Waals surface area contributed by atoms with Crippen molar-refractivity contribution >= 4 is 12.2 Å². The molecule has 0 spiro atoms. The molecule has 0 radical (unpaired) electrons. The van der Waals surface area contributed by atoms with Crippen LogP contribution in [0.5, 0.6) is 5.75 Å². The monoisotopic (exact) mass is 399 g/mol. The van der Waals surface area contributed by atoms with Gasteiger partial charge in [-0.05, 0) is 38.5 Å². The number of amides is 1. The third kappa shape index (κ3) is 8.23. The van der Waals surface area contributed by atoms with E-state index in [-0.39, 0.29) is 6.54 Å². The molecule has 0 aliphatic carbocycles. The lowest BCUT2D eigenvalue weighted by atomic mass is 10.2. The number of nitrogens with one attached hydrogen (secondary N) is 1. The van der Waals surface area contributed by atoms with E-state index in [9.17, 15) is 31.1 Å². The Morgan fingerprint density at radius 3 is 2.15 bits per heavy atom. The second kappa shape index (κ2) is 8.53. The van der Waals surface area contributed by atoms with E-state index >= 15 is 0 Å². The highest BCUT2D eigenvalue weighted by Gasteiger charge is 2.59. The molecule has 1 N–H and O–H groups in total. The van der Waals surface area contributed by atoms with Crippen LogP contribution in [-0.2, 0) is 4.74 Å². The summed E-state index contributed by atoms with van der Waals surface area (Å²) in [7, 11) is 0. The lowest BCUT2D eigenvalue weighted by Crippen LogP contribution is -2.45. The predicted octanol–water partition coefficient (Wildman–Crippen LogP) is 5.10. The minimum absolute atomic E-state index is 0.125. The first-order valence-corrected chi connectivity index (χ1v) is 7.72. The molecular weight excluding hydrogens is 380 g/mol. The largest absolute Gasteiger partial charge is 0.444 e. The van der Waals surface area contributed by atoms with Crippen molar-refractivity contribution in [1.29, 1.82) is 0 Å². The molecule has 4 nitrogen and oxygen atoms in total. The van der Waals surface area contributed by atoms with Crippen LogP contribution in [0.2, 0.25) is 0 Å². The van der Waals surface area contributed by atoms with Crippen molar-refractivity contribution in [3.8, 4) is 5.75 Å². The van der Waals surface area contributed by atoms with Crippen LogP contribution < -0.4 is 10.1 Å². The van der Waals surface area contributed by atoms with Crippen molar-refractivity contribution in [2.45, 2.75) is 44.8 Å². The summed E-state index contributed by atoms with van der Waals surface area (Å²) in [5.74, 6) is -0.629. The average Bonchev–Trinajstić information content (AvgIpc) is 2.49. The summed E-state index contributed by atoms with van der Waals surface area (Å²) in [6.45, 7) is 5.24. The minimum Gasteiger partial charge on any atom is -0.444 e. The zero-order valence-electron chi connectivity index (χ0n) is 14.7. The van der Waals surface area contributed by atoms with E-state index in [0.29, 0.717) is 5.56 Å². The summed E-state index contributed by atoms with van der Waals surface area (Å²) < 4.78 is 84.1. The Balaban J connectivity index is 2.58. The van der Waals surface area contributed by atoms with Crippen LogP contribution >= 0.6 is 0 Å². The van der Waals surface area contributed by atoms with Crippen molar-refractivity contribution in [2.75, 3.05) is 6.54 Å². The molecule has 0 unspecified atom stereocenters. The Bertz CT molecular complexity index is 650. The topological polar surface area (TPSA) is 47.6 Å². The van der Waals surface area contributed by atoms with Crippen molar-refractivity contribution in [3.05, 3.63) is 35.9 Å². The van der Waals surface area contributed by atoms with Crippen molar-refractivity contribution in [3.63, 3.8) is 0 Å². The Labute approximate surface area is 152 Å². The van der Waals surface area contributed by atoms with Gasteiger partial charge in [0.25, 0.3) is 6.17 Å². The number of alkyl carbamates (subject to hydrolysis) is 1. The summed E-state index contributed by atoms with van der Waals surface area (Å²) >= 11 is 0. The fraction of sp³-hybridized carbons (Fsp3) is 0.471. The number of carbonyl (C=O) groups is 1. The van der Waals surface area contributed by atoms with Crippen LogP contribution in [0.3, 0.4) is 0 Å². The number of ether oxygens (including phenoxy) is 2. The van der Waals surface area contributed by atoms with Gasteiger partial charge in [0.2, 0.25) is 0 Å². The van der Waals surface area contributed by atoms with Crippen LogP contribution in [0.1, 0.15) is 26.3 Å². The molecule has 27 heavy (non-hydrogen) atoms. The summed E-state index contributed by atoms with van der Waals surface area (Å²) in [6.07, 6.45) is -12.8. The van der Waals surface area contributed by atoms with Gasteiger partial charge in [0.05, 0.1) is 0 Å². The third-order valence-electron chi connectivity index (χ3n) is 2.79. The fourth-order valence-electron chi connectivity index (χ4n) is 1.70. The molecule has 0 aliphatic rings. The summed E-state index contributed by atoms with van der Waals surface area (Å²) in [6, 6.07) is 4.49. The SMILES string of the molecule is CC(C)(C)OC(=O)NCC=Cc1ccc(OC(F)(F)[C@H](F)C(F)(F)F)cc1. The molecule has 0 heterocycles. The molecule has 0 aliphatic heterocycles. The molecule has 10 heteroatoms. The van der Waals surface area contributed by atoms with Gasteiger partial charge in [-0.15, -0.1) is 0 Å². The fourth-order valence-corrected chi connectivity index (χ4v) is 1.70. The smallest absolute Gasteiger partial charge is 0.439 e. The zero-order valence-corrected chi connectivity index (χ0v) is 14.7. The number of rotatable bonds is 6. The van der Waals surface area contributed by atoms with Gasteiger partial charge in [-0.1, -0.05) is 24.3 Å². The van der Waals surface area contributed by atoms with Gasteiger partial charge in [-0.3, -0.25) is 0 Å². The van der Waals surface area contributed by atoms with Gasteiger partial charge >= 0.3 is 18.4 Å². The van der Waals surface area contributed by atoms with Crippen LogP contribution in [0.15, 0.2) is 30.3 Å². The molecule has 1 amide bonds. The molecule has 0 bridgehead atoms. The maximum absolute atomic E-state index is 13.2. The van der Waals surface area contributed by atoms with Gasteiger partial charge < -0.3 is 14.8 Å². The number of benzene rings is 1. The maximum Gasteiger partial charge on any atom is 0.439 e. The van der Waals surface area contributed by atoms with Gasteiger partial charge in [-0.2, -0.15) is 22.0 Å². The molecule has 1 atom stereocenters. The standard InChI is InChI=1S/C17H19F6NO3/c1-15(2,3)27-14(25)24-10-4-5-11-6-8-12(9-7-11)26-17(22,23)13(18)16(19,20)21/h4-9,13H,10H2,1-3H3,(H,24,25)/t13-/m1/s1. The molecule has 152 valence electrons. The first-order chi connectivity index (χ1) is 12.2. The lowest BCUT2D eigenvalue weighted by Gasteiger charge is -2.23. The summed E-state index contributed by atoms with van der Waals surface area (Å²) in [4.78, 5) is 11.4. The quantitative estimate of drug-likeness (QED) is 0.678. The van der Waals surface area contributed by atoms with E-state index in [1.807, 2.05) is 0 Å². The highest BCUT2D eigenvalue weighted by atomic mass is 19.4. The first-order valence-electron chi connectivity index (χ1n) is 7.72. The maximum atomic E-state index is 13.2. The Hall–Kier alpha value is -2.39. The summed E-state index contributed by atoms with van der Waals surface area (Å²) in [5.41, 5.74) is -0.152. The molecule has 0 saturated carbocycles. The normalized spacial score (nSPS) is 14.1. The Morgan fingerprint density at radius 2 is 1.67 bits per heavy atom. The van der Waals surface area contributed by atoms with Crippen molar-refractivity contribution in [1.82, 2.24) is 5.32 Å². The van der Waals surface area contributed by atoms with E-state index in [1.54, 1.807) is 20.8 Å². The minimum atomic E-state index is -5.74. The van der Waals surface area contributed by atoms with Crippen molar-refractivity contribution in [2.24, 2.45) is 0 Å². The van der Waals surface area contributed by atoms with E-state index in [1.165, 1.54) is 24.3 Å². The Kier molecular flexibility index (Phi) is 7.16. The number of hydrogen-bond acceptors (Lipinski definition) is 3. The molecule has 0 aromatic heterocycles. The third-order valence-corrected chi connectivity index (χ3v) is 2.79.